The second-order valence-electron chi connectivity index (χ2n) is 5.79. The van der Waals surface area contributed by atoms with Crippen LogP contribution in [-0.2, 0) is 4.74 Å². The molecule has 1 saturated heterocycles. The molecular weight excluding hydrogens is 212 g/mol. The second kappa shape index (κ2) is 5.25. The zero-order valence-electron chi connectivity index (χ0n) is 11.6. The third-order valence-electron chi connectivity index (χ3n) is 4.81. The normalized spacial score (nSPS) is 34.6. The van der Waals surface area contributed by atoms with Crippen molar-refractivity contribution in [3.05, 3.63) is 0 Å². The van der Waals surface area contributed by atoms with Gasteiger partial charge in [0.1, 0.15) is 0 Å². The summed E-state index contributed by atoms with van der Waals surface area (Å²) in [4.78, 5) is 2.69. The fourth-order valence-corrected chi connectivity index (χ4v) is 3.50. The van der Waals surface area contributed by atoms with Crippen molar-refractivity contribution in [2.75, 3.05) is 19.7 Å². The second-order valence-corrected chi connectivity index (χ2v) is 5.79. The number of nitrogens with two attached hydrogens (primary N) is 1. The van der Waals surface area contributed by atoms with Crippen LogP contribution in [0.15, 0.2) is 0 Å². The van der Waals surface area contributed by atoms with Crippen LogP contribution in [0.25, 0.3) is 0 Å². The number of ether oxygens (including phenoxy) is 1. The van der Waals surface area contributed by atoms with Crippen LogP contribution in [0, 0.1) is 5.92 Å². The lowest BCUT2D eigenvalue weighted by atomic mass is 9.85. The molecule has 3 heteroatoms. The number of hydrogen-bond donors (Lipinski definition) is 1. The van der Waals surface area contributed by atoms with Crippen molar-refractivity contribution in [2.24, 2.45) is 11.7 Å². The molecule has 2 N–H and O–H groups in total. The maximum Gasteiger partial charge on any atom is 0.0675 e. The lowest BCUT2D eigenvalue weighted by molar-refractivity contribution is -0.106. The molecule has 0 amide bonds. The molecule has 0 radical (unpaired) electrons. The van der Waals surface area contributed by atoms with Gasteiger partial charge in [-0.15, -0.1) is 0 Å². The zero-order valence-corrected chi connectivity index (χ0v) is 11.6. The van der Waals surface area contributed by atoms with E-state index < -0.39 is 0 Å². The lowest BCUT2D eigenvalue weighted by Gasteiger charge is -2.51. The summed E-state index contributed by atoms with van der Waals surface area (Å²) in [7, 11) is 0. The SMILES string of the molecule is CCC1COC(C)CN1C(CC)(CN)C1CC1. The quantitative estimate of drug-likeness (QED) is 0.799. The van der Waals surface area contributed by atoms with Crippen molar-refractivity contribution in [3.63, 3.8) is 0 Å². The lowest BCUT2D eigenvalue weighted by Crippen LogP contribution is -2.63. The predicted molar refractivity (Wildman–Crippen MR) is 71.0 cm³/mol. The van der Waals surface area contributed by atoms with E-state index in [2.05, 4.69) is 25.7 Å². The first-order chi connectivity index (χ1) is 8.17. The van der Waals surface area contributed by atoms with Crippen LogP contribution >= 0.6 is 0 Å². The molecule has 3 nitrogen and oxygen atoms in total. The van der Waals surface area contributed by atoms with Crippen molar-refractivity contribution in [3.8, 4) is 0 Å². The van der Waals surface area contributed by atoms with Crippen molar-refractivity contribution >= 4 is 0 Å². The number of hydrogen-bond acceptors (Lipinski definition) is 3. The highest BCUT2D eigenvalue weighted by Crippen LogP contribution is 2.46. The molecule has 0 aromatic carbocycles. The molecule has 1 saturated carbocycles. The van der Waals surface area contributed by atoms with Crippen LogP contribution in [0.2, 0.25) is 0 Å². The molecule has 100 valence electrons. The van der Waals surface area contributed by atoms with E-state index in [1.54, 1.807) is 0 Å². The molecule has 2 fully saturated rings. The van der Waals surface area contributed by atoms with Crippen LogP contribution in [0.1, 0.15) is 46.5 Å². The molecule has 0 aromatic rings. The smallest absolute Gasteiger partial charge is 0.0675 e. The Morgan fingerprint density at radius 2 is 2.06 bits per heavy atom. The molecule has 3 atom stereocenters. The van der Waals surface area contributed by atoms with E-state index in [0.717, 1.165) is 25.6 Å². The summed E-state index contributed by atoms with van der Waals surface area (Å²) in [5, 5.41) is 0. The van der Waals surface area contributed by atoms with Crippen molar-refractivity contribution in [2.45, 2.75) is 64.1 Å². The van der Waals surface area contributed by atoms with Gasteiger partial charge in [-0.2, -0.15) is 0 Å². The van der Waals surface area contributed by atoms with Crippen molar-refractivity contribution < 1.29 is 4.74 Å². The van der Waals surface area contributed by atoms with Crippen LogP contribution in [0.5, 0.6) is 0 Å². The average Bonchev–Trinajstić information content (AvgIpc) is 3.17. The first kappa shape index (κ1) is 13.3. The largest absolute Gasteiger partial charge is 0.376 e. The molecule has 0 aromatic heterocycles. The summed E-state index contributed by atoms with van der Waals surface area (Å²) in [6.07, 6.45) is 5.44. The molecule has 17 heavy (non-hydrogen) atoms. The van der Waals surface area contributed by atoms with Crippen LogP contribution in [0.3, 0.4) is 0 Å². The van der Waals surface area contributed by atoms with Gasteiger partial charge in [-0.1, -0.05) is 13.8 Å². The number of rotatable bonds is 5. The molecule has 3 unspecified atom stereocenters. The van der Waals surface area contributed by atoms with E-state index in [0.29, 0.717) is 12.1 Å². The Kier molecular flexibility index (Phi) is 4.11. The number of morpholine rings is 1. The van der Waals surface area contributed by atoms with Gasteiger partial charge < -0.3 is 10.5 Å². The Bertz CT molecular complexity index is 249. The summed E-state index contributed by atoms with van der Waals surface area (Å²) in [6.45, 7) is 9.49. The maximum absolute atomic E-state index is 6.17. The predicted octanol–water partition coefficient (Wildman–Crippen LogP) is 2.00. The zero-order chi connectivity index (χ0) is 12.5. The fourth-order valence-electron chi connectivity index (χ4n) is 3.50. The molecule has 2 aliphatic rings. The molecule has 1 aliphatic carbocycles. The van der Waals surface area contributed by atoms with Gasteiger partial charge in [0.15, 0.2) is 0 Å². The summed E-state index contributed by atoms with van der Waals surface area (Å²) >= 11 is 0. The highest BCUT2D eigenvalue weighted by molar-refractivity contribution is 5.05. The Labute approximate surface area is 106 Å². The van der Waals surface area contributed by atoms with Gasteiger partial charge in [-0.05, 0) is 38.5 Å². The standard InChI is InChI=1S/C14H28N2O/c1-4-13-9-17-11(3)8-16(13)14(5-2,10-15)12-6-7-12/h11-13H,4-10,15H2,1-3H3. The van der Waals surface area contributed by atoms with Gasteiger partial charge in [-0.3, -0.25) is 4.90 Å². The molecule has 0 bridgehead atoms. The first-order valence-corrected chi connectivity index (χ1v) is 7.26. The van der Waals surface area contributed by atoms with E-state index in [9.17, 15) is 0 Å². The third-order valence-corrected chi connectivity index (χ3v) is 4.81. The first-order valence-electron chi connectivity index (χ1n) is 7.26. The maximum atomic E-state index is 6.17. The van der Waals surface area contributed by atoms with Crippen LogP contribution in [-0.4, -0.2) is 42.3 Å². The van der Waals surface area contributed by atoms with E-state index in [1.165, 1.54) is 25.7 Å². The molecular formula is C14H28N2O. The Hall–Kier alpha value is -0.120. The van der Waals surface area contributed by atoms with Gasteiger partial charge in [0.2, 0.25) is 0 Å². The van der Waals surface area contributed by atoms with E-state index in [-0.39, 0.29) is 5.54 Å². The highest BCUT2D eigenvalue weighted by atomic mass is 16.5. The topological polar surface area (TPSA) is 38.5 Å². The van der Waals surface area contributed by atoms with Crippen molar-refractivity contribution in [1.82, 2.24) is 4.90 Å². The fraction of sp³-hybridized carbons (Fsp3) is 1.00. The summed E-state index contributed by atoms with van der Waals surface area (Å²) in [5.74, 6) is 0.830. The van der Waals surface area contributed by atoms with E-state index in [1.807, 2.05) is 0 Å². The van der Waals surface area contributed by atoms with Gasteiger partial charge in [0, 0.05) is 24.7 Å². The van der Waals surface area contributed by atoms with Crippen LogP contribution < -0.4 is 5.73 Å². The van der Waals surface area contributed by atoms with Crippen molar-refractivity contribution in [1.29, 1.82) is 0 Å². The third kappa shape index (κ3) is 2.38. The van der Waals surface area contributed by atoms with Gasteiger partial charge in [-0.25, -0.2) is 0 Å². The Balaban J connectivity index is 2.19. The summed E-state index contributed by atoms with van der Waals surface area (Å²) in [5.41, 5.74) is 6.42. The van der Waals surface area contributed by atoms with E-state index in [4.69, 9.17) is 10.5 Å². The van der Waals surface area contributed by atoms with Gasteiger partial charge in [0.25, 0.3) is 0 Å². The minimum Gasteiger partial charge on any atom is -0.376 e. The average molecular weight is 240 g/mol. The van der Waals surface area contributed by atoms with Gasteiger partial charge >= 0.3 is 0 Å². The highest BCUT2D eigenvalue weighted by Gasteiger charge is 2.49. The summed E-state index contributed by atoms with van der Waals surface area (Å²) in [6, 6.07) is 0.565. The Morgan fingerprint density at radius 3 is 2.53 bits per heavy atom. The van der Waals surface area contributed by atoms with Crippen LogP contribution in [0.4, 0.5) is 0 Å². The van der Waals surface area contributed by atoms with E-state index >= 15 is 0 Å². The molecule has 1 aliphatic heterocycles. The molecule has 1 heterocycles. The Morgan fingerprint density at radius 1 is 1.35 bits per heavy atom. The number of nitrogens with zero attached hydrogens (tertiary/aromatic N) is 1. The monoisotopic (exact) mass is 240 g/mol. The minimum absolute atomic E-state index is 0.249. The molecule has 2 rings (SSSR count). The molecule has 0 spiro atoms. The van der Waals surface area contributed by atoms with Gasteiger partial charge in [0.05, 0.1) is 12.7 Å². The summed E-state index contributed by atoms with van der Waals surface area (Å²) < 4.78 is 5.81. The minimum atomic E-state index is 0.249.